The van der Waals surface area contributed by atoms with Gasteiger partial charge in [0.2, 0.25) is 0 Å². The number of ether oxygens (including phenoxy) is 1. The molecule has 0 aliphatic heterocycles. The number of nitrogens with zero attached hydrogens (tertiary/aromatic N) is 2. The standard InChI is InChI=1S/C13H14F2N4O/c1-20-7-13-18-11(16)5-12(19-13)17-6-8-2-3-9(14)4-10(8)15/h2-5H,6-7H2,1H3,(H3,16,17,18,19). The molecular weight excluding hydrogens is 266 g/mol. The first-order valence-electron chi connectivity index (χ1n) is 5.88. The Morgan fingerprint density at radius 1 is 1.25 bits per heavy atom. The molecular formula is C13H14F2N4O. The Bertz CT molecular complexity index is 607. The van der Waals surface area contributed by atoms with E-state index >= 15 is 0 Å². The molecule has 2 aromatic rings. The molecule has 1 aromatic heterocycles. The molecule has 0 aliphatic carbocycles. The second-order valence-electron chi connectivity index (χ2n) is 4.12. The van der Waals surface area contributed by atoms with Gasteiger partial charge in [0.25, 0.3) is 0 Å². The Labute approximate surface area is 114 Å². The van der Waals surface area contributed by atoms with E-state index in [1.807, 2.05) is 0 Å². The molecule has 1 heterocycles. The summed E-state index contributed by atoms with van der Waals surface area (Å²) < 4.78 is 31.2. The molecule has 0 unspecified atom stereocenters. The van der Waals surface area contributed by atoms with Gasteiger partial charge in [0.15, 0.2) is 5.82 Å². The summed E-state index contributed by atoms with van der Waals surface area (Å²) in [4.78, 5) is 8.15. The zero-order valence-corrected chi connectivity index (χ0v) is 10.9. The van der Waals surface area contributed by atoms with Gasteiger partial charge in [0.1, 0.15) is 29.9 Å². The van der Waals surface area contributed by atoms with Crippen molar-refractivity contribution >= 4 is 11.6 Å². The van der Waals surface area contributed by atoms with Crippen molar-refractivity contribution < 1.29 is 13.5 Å². The number of nitrogens with one attached hydrogen (secondary N) is 1. The number of rotatable bonds is 5. The van der Waals surface area contributed by atoms with Gasteiger partial charge in [-0.3, -0.25) is 0 Å². The number of aromatic nitrogens is 2. The zero-order valence-electron chi connectivity index (χ0n) is 10.9. The lowest BCUT2D eigenvalue weighted by Gasteiger charge is -2.09. The minimum atomic E-state index is -0.614. The number of hydrogen-bond donors (Lipinski definition) is 2. The fraction of sp³-hybridized carbons (Fsp3) is 0.231. The molecule has 0 atom stereocenters. The molecule has 106 valence electrons. The van der Waals surface area contributed by atoms with Crippen molar-refractivity contribution in [2.45, 2.75) is 13.2 Å². The van der Waals surface area contributed by atoms with Crippen LogP contribution in [0.3, 0.4) is 0 Å². The molecule has 0 amide bonds. The monoisotopic (exact) mass is 280 g/mol. The van der Waals surface area contributed by atoms with Crippen LogP contribution in [-0.4, -0.2) is 17.1 Å². The van der Waals surface area contributed by atoms with Gasteiger partial charge in [-0.05, 0) is 6.07 Å². The van der Waals surface area contributed by atoms with Crippen LogP contribution in [0.15, 0.2) is 24.3 Å². The predicted octanol–water partition coefficient (Wildman–Crippen LogP) is 2.10. The average Bonchev–Trinajstić information content (AvgIpc) is 2.37. The summed E-state index contributed by atoms with van der Waals surface area (Å²) in [6, 6.07) is 4.94. The Balaban J connectivity index is 2.10. The van der Waals surface area contributed by atoms with Crippen molar-refractivity contribution in [1.29, 1.82) is 0 Å². The second kappa shape index (κ2) is 6.25. The van der Waals surface area contributed by atoms with E-state index in [-0.39, 0.29) is 19.0 Å². The normalized spacial score (nSPS) is 10.6. The van der Waals surface area contributed by atoms with Crippen LogP contribution in [0.2, 0.25) is 0 Å². The van der Waals surface area contributed by atoms with Gasteiger partial charge in [0, 0.05) is 31.4 Å². The van der Waals surface area contributed by atoms with E-state index in [0.29, 0.717) is 17.2 Å². The van der Waals surface area contributed by atoms with Crippen LogP contribution in [0.1, 0.15) is 11.4 Å². The van der Waals surface area contributed by atoms with Crippen molar-refractivity contribution in [3.8, 4) is 0 Å². The smallest absolute Gasteiger partial charge is 0.158 e. The number of nitrogens with two attached hydrogens (primary N) is 1. The summed E-state index contributed by atoms with van der Waals surface area (Å²) in [7, 11) is 1.52. The summed E-state index contributed by atoms with van der Waals surface area (Å²) in [6.45, 7) is 0.389. The molecule has 0 saturated heterocycles. The predicted molar refractivity (Wildman–Crippen MR) is 70.8 cm³/mol. The maximum Gasteiger partial charge on any atom is 0.158 e. The highest BCUT2D eigenvalue weighted by atomic mass is 19.1. The number of hydrogen-bond acceptors (Lipinski definition) is 5. The van der Waals surface area contributed by atoms with Crippen LogP contribution < -0.4 is 11.1 Å². The molecule has 0 radical (unpaired) electrons. The summed E-state index contributed by atoms with van der Waals surface area (Å²) in [6.07, 6.45) is 0. The lowest BCUT2D eigenvalue weighted by molar-refractivity contribution is 0.178. The van der Waals surface area contributed by atoms with Crippen molar-refractivity contribution in [2.75, 3.05) is 18.2 Å². The molecule has 3 N–H and O–H groups in total. The minimum absolute atomic E-state index is 0.162. The highest BCUT2D eigenvalue weighted by molar-refractivity contribution is 5.45. The lowest BCUT2D eigenvalue weighted by atomic mass is 10.2. The third-order valence-electron chi connectivity index (χ3n) is 2.54. The number of nitrogen functional groups attached to an aromatic ring is 1. The van der Waals surface area contributed by atoms with Crippen molar-refractivity contribution in [1.82, 2.24) is 9.97 Å². The van der Waals surface area contributed by atoms with E-state index in [1.165, 1.54) is 25.3 Å². The largest absolute Gasteiger partial charge is 0.384 e. The van der Waals surface area contributed by atoms with Gasteiger partial charge in [-0.1, -0.05) is 6.07 Å². The highest BCUT2D eigenvalue weighted by Gasteiger charge is 2.06. The van der Waals surface area contributed by atoms with Gasteiger partial charge in [-0.2, -0.15) is 0 Å². The second-order valence-corrected chi connectivity index (χ2v) is 4.12. The number of halogens is 2. The van der Waals surface area contributed by atoms with Gasteiger partial charge in [-0.15, -0.1) is 0 Å². The van der Waals surface area contributed by atoms with Gasteiger partial charge >= 0.3 is 0 Å². The average molecular weight is 280 g/mol. The van der Waals surface area contributed by atoms with Crippen molar-refractivity contribution in [2.24, 2.45) is 0 Å². The van der Waals surface area contributed by atoms with E-state index in [0.717, 1.165) is 6.07 Å². The molecule has 0 fully saturated rings. The third kappa shape index (κ3) is 3.61. The van der Waals surface area contributed by atoms with Crippen LogP contribution in [0.4, 0.5) is 20.4 Å². The first-order valence-corrected chi connectivity index (χ1v) is 5.88. The molecule has 0 saturated carbocycles. The molecule has 0 bridgehead atoms. The van der Waals surface area contributed by atoms with E-state index in [1.54, 1.807) is 0 Å². The molecule has 1 aromatic carbocycles. The van der Waals surface area contributed by atoms with Gasteiger partial charge in [0.05, 0.1) is 0 Å². The molecule has 5 nitrogen and oxygen atoms in total. The van der Waals surface area contributed by atoms with Crippen LogP contribution in [0.25, 0.3) is 0 Å². The minimum Gasteiger partial charge on any atom is -0.384 e. The van der Waals surface area contributed by atoms with E-state index in [9.17, 15) is 8.78 Å². The maximum atomic E-state index is 13.5. The van der Waals surface area contributed by atoms with Crippen LogP contribution in [0.5, 0.6) is 0 Å². The molecule has 0 spiro atoms. The quantitative estimate of drug-likeness (QED) is 0.877. The Morgan fingerprint density at radius 2 is 2.05 bits per heavy atom. The lowest BCUT2D eigenvalue weighted by Crippen LogP contribution is -2.08. The fourth-order valence-corrected chi connectivity index (χ4v) is 1.65. The van der Waals surface area contributed by atoms with Crippen molar-refractivity contribution in [3.05, 3.63) is 47.3 Å². The Morgan fingerprint density at radius 3 is 2.75 bits per heavy atom. The van der Waals surface area contributed by atoms with Gasteiger partial charge in [-0.25, -0.2) is 18.7 Å². The van der Waals surface area contributed by atoms with Crippen LogP contribution in [-0.2, 0) is 17.9 Å². The summed E-state index contributed by atoms with van der Waals surface area (Å²) >= 11 is 0. The zero-order chi connectivity index (χ0) is 14.5. The number of benzene rings is 1. The third-order valence-corrected chi connectivity index (χ3v) is 2.54. The summed E-state index contributed by atoms with van der Waals surface area (Å²) in [5.74, 6) is -0.0615. The maximum absolute atomic E-state index is 13.5. The van der Waals surface area contributed by atoms with E-state index in [4.69, 9.17) is 10.5 Å². The number of anilines is 2. The van der Waals surface area contributed by atoms with Gasteiger partial charge < -0.3 is 15.8 Å². The van der Waals surface area contributed by atoms with E-state index in [2.05, 4.69) is 15.3 Å². The summed E-state index contributed by atoms with van der Waals surface area (Å²) in [5, 5.41) is 2.91. The highest BCUT2D eigenvalue weighted by Crippen LogP contribution is 2.13. The van der Waals surface area contributed by atoms with Crippen molar-refractivity contribution in [3.63, 3.8) is 0 Å². The summed E-state index contributed by atoms with van der Waals surface area (Å²) in [5.41, 5.74) is 5.97. The van der Waals surface area contributed by atoms with E-state index < -0.39 is 11.6 Å². The fourth-order valence-electron chi connectivity index (χ4n) is 1.65. The Kier molecular flexibility index (Phi) is 4.41. The first-order chi connectivity index (χ1) is 9.58. The molecule has 0 aliphatic rings. The first kappa shape index (κ1) is 14.1. The van der Waals surface area contributed by atoms with Crippen LogP contribution >= 0.6 is 0 Å². The SMILES string of the molecule is COCc1nc(N)cc(NCc2ccc(F)cc2F)n1. The molecule has 7 heteroatoms. The topological polar surface area (TPSA) is 73.1 Å². The molecule has 2 rings (SSSR count). The molecule has 20 heavy (non-hydrogen) atoms. The van der Waals surface area contributed by atoms with Crippen LogP contribution in [0, 0.1) is 11.6 Å². The number of methoxy groups -OCH3 is 1. The Hall–Kier alpha value is -2.28.